The van der Waals surface area contributed by atoms with Crippen LogP contribution in [-0.2, 0) is 0 Å². The molecule has 0 atom stereocenters. The van der Waals surface area contributed by atoms with Gasteiger partial charge in [-0.3, -0.25) is 0 Å². The lowest BCUT2D eigenvalue weighted by Gasteiger charge is -2.32. The van der Waals surface area contributed by atoms with Gasteiger partial charge < -0.3 is 20.0 Å². The van der Waals surface area contributed by atoms with E-state index in [4.69, 9.17) is 0 Å². The van der Waals surface area contributed by atoms with Gasteiger partial charge in [-0.1, -0.05) is 13.8 Å². The Hall–Kier alpha value is -0.160. The second kappa shape index (κ2) is 10.6. The third-order valence-electron chi connectivity index (χ3n) is 4.00. The molecule has 19 heavy (non-hydrogen) atoms. The van der Waals surface area contributed by atoms with Crippen LogP contribution in [0.3, 0.4) is 0 Å². The maximum absolute atomic E-state index is 3.41. The van der Waals surface area contributed by atoms with Crippen molar-refractivity contribution in [1.82, 2.24) is 20.0 Å². The lowest BCUT2D eigenvalue weighted by atomic mass is 10.2. The predicted octanol–water partition coefficient (Wildman–Crippen LogP) is 0.945. The van der Waals surface area contributed by atoms with E-state index in [2.05, 4.69) is 27.1 Å². The Morgan fingerprint density at radius 2 is 1.21 bits per heavy atom. The van der Waals surface area contributed by atoms with Crippen LogP contribution in [-0.4, -0.2) is 87.2 Å². The van der Waals surface area contributed by atoms with Crippen molar-refractivity contribution in [3.63, 3.8) is 0 Å². The zero-order valence-corrected chi connectivity index (χ0v) is 13.3. The molecule has 2 fully saturated rings. The summed E-state index contributed by atoms with van der Waals surface area (Å²) in [5, 5.41) is 3.41. The Balaban J connectivity index is 0.000000861. The highest BCUT2D eigenvalue weighted by atomic mass is 15.2. The first-order chi connectivity index (χ1) is 9.34. The minimum absolute atomic E-state index is 1.18. The minimum atomic E-state index is 1.18. The first-order valence-electron chi connectivity index (χ1n) is 8.18. The van der Waals surface area contributed by atoms with E-state index < -0.39 is 0 Å². The zero-order chi connectivity index (χ0) is 13.9. The maximum atomic E-state index is 3.41. The molecule has 1 N–H and O–H groups in total. The predicted molar refractivity (Wildman–Crippen MR) is 83.8 cm³/mol. The maximum Gasteiger partial charge on any atom is 0.0110 e. The summed E-state index contributed by atoms with van der Waals surface area (Å²) in [5.74, 6) is 0. The monoisotopic (exact) mass is 270 g/mol. The summed E-state index contributed by atoms with van der Waals surface area (Å²) in [5.41, 5.74) is 0. The number of piperazine rings is 2. The second-order valence-corrected chi connectivity index (χ2v) is 5.44. The topological polar surface area (TPSA) is 21.8 Å². The molecule has 2 saturated heterocycles. The van der Waals surface area contributed by atoms with Gasteiger partial charge in [-0.15, -0.1) is 0 Å². The van der Waals surface area contributed by atoms with E-state index in [1.54, 1.807) is 0 Å². The van der Waals surface area contributed by atoms with Gasteiger partial charge in [-0.2, -0.15) is 0 Å². The molecule has 114 valence electrons. The number of nitrogens with zero attached hydrogens (tertiary/aromatic N) is 3. The highest BCUT2D eigenvalue weighted by molar-refractivity contribution is 4.70. The number of likely N-dealkylation sites (N-methyl/N-ethyl adjacent to an activating group) is 1. The van der Waals surface area contributed by atoms with Crippen LogP contribution in [0.25, 0.3) is 0 Å². The van der Waals surface area contributed by atoms with E-state index in [1.165, 1.54) is 78.3 Å². The first kappa shape index (κ1) is 16.9. The van der Waals surface area contributed by atoms with Gasteiger partial charge in [-0.05, 0) is 33.0 Å². The van der Waals surface area contributed by atoms with E-state index in [9.17, 15) is 0 Å². The molecule has 2 aliphatic heterocycles. The molecule has 4 heteroatoms. The first-order valence-corrected chi connectivity index (χ1v) is 8.18. The number of hydrogen-bond acceptors (Lipinski definition) is 4. The van der Waals surface area contributed by atoms with Crippen LogP contribution >= 0.6 is 0 Å². The zero-order valence-electron chi connectivity index (χ0n) is 13.3. The lowest BCUT2D eigenvalue weighted by molar-refractivity contribution is 0.149. The van der Waals surface area contributed by atoms with Crippen LogP contribution in [0.4, 0.5) is 0 Å². The molecule has 0 amide bonds. The van der Waals surface area contributed by atoms with E-state index in [-0.39, 0.29) is 0 Å². The molecule has 0 aromatic rings. The summed E-state index contributed by atoms with van der Waals surface area (Å²) in [4.78, 5) is 7.65. The average Bonchev–Trinajstić information content (AvgIpc) is 2.49. The Bertz CT molecular complexity index is 196. The van der Waals surface area contributed by atoms with Gasteiger partial charge in [0.15, 0.2) is 0 Å². The van der Waals surface area contributed by atoms with E-state index >= 15 is 0 Å². The third-order valence-corrected chi connectivity index (χ3v) is 4.00. The summed E-state index contributed by atoms with van der Waals surface area (Å²) in [6, 6.07) is 0. The molecule has 2 rings (SSSR count). The van der Waals surface area contributed by atoms with E-state index in [0.717, 1.165) is 0 Å². The summed E-state index contributed by atoms with van der Waals surface area (Å²) in [7, 11) is 2.22. The van der Waals surface area contributed by atoms with Gasteiger partial charge in [0.25, 0.3) is 0 Å². The van der Waals surface area contributed by atoms with Crippen molar-refractivity contribution in [2.24, 2.45) is 0 Å². The van der Waals surface area contributed by atoms with E-state index in [0.29, 0.717) is 0 Å². The summed E-state index contributed by atoms with van der Waals surface area (Å²) >= 11 is 0. The Kier molecular flexibility index (Phi) is 9.43. The minimum Gasteiger partial charge on any atom is -0.314 e. The number of rotatable bonds is 5. The number of hydrogen-bond donors (Lipinski definition) is 1. The van der Waals surface area contributed by atoms with Crippen LogP contribution in [0.1, 0.15) is 26.7 Å². The molecule has 0 spiro atoms. The molecule has 0 saturated carbocycles. The normalized spacial score (nSPS) is 22.9. The van der Waals surface area contributed by atoms with Gasteiger partial charge >= 0.3 is 0 Å². The SMILES string of the molecule is CC.CN1CCN(CCCCN2CCNCC2)CC1. The molecule has 0 bridgehead atoms. The molecule has 2 heterocycles. The fourth-order valence-corrected chi connectivity index (χ4v) is 2.68. The van der Waals surface area contributed by atoms with Crippen molar-refractivity contribution < 1.29 is 0 Å². The Morgan fingerprint density at radius 1 is 0.737 bits per heavy atom. The number of nitrogens with one attached hydrogen (secondary N) is 1. The van der Waals surface area contributed by atoms with Crippen molar-refractivity contribution in [1.29, 1.82) is 0 Å². The Morgan fingerprint density at radius 3 is 1.74 bits per heavy atom. The number of unbranched alkanes of at least 4 members (excludes halogenated alkanes) is 1. The molecule has 0 aromatic carbocycles. The largest absolute Gasteiger partial charge is 0.314 e. The summed E-state index contributed by atoms with van der Waals surface area (Å²) in [6.07, 6.45) is 2.74. The van der Waals surface area contributed by atoms with Crippen molar-refractivity contribution >= 4 is 0 Å². The van der Waals surface area contributed by atoms with Crippen LogP contribution in [0.5, 0.6) is 0 Å². The summed E-state index contributed by atoms with van der Waals surface area (Å²) < 4.78 is 0. The van der Waals surface area contributed by atoms with Crippen LogP contribution in [0, 0.1) is 0 Å². The molecule has 0 unspecified atom stereocenters. The van der Waals surface area contributed by atoms with Gasteiger partial charge in [0, 0.05) is 52.4 Å². The molecular weight excluding hydrogens is 236 g/mol. The molecule has 4 nitrogen and oxygen atoms in total. The fourth-order valence-electron chi connectivity index (χ4n) is 2.68. The molecule has 2 aliphatic rings. The quantitative estimate of drug-likeness (QED) is 0.751. The molecule has 0 radical (unpaired) electrons. The van der Waals surface area contributed by atoms with Gasteiger partial charge in [0.1, 0.15) is 0 Å². The molecule has 0 aliphatic carbocycles. The lowest BCUT2D eigenvalue weighted by Crippen LogP contribution is -2.45. The van der Waals surface area contributed by atoms with Gasteiger partial charge in [0.05, 0.1) is 0 Å². The van der Waals surface area contributed by atoms with Crippen LogP contribution in [0.2, 0.25) is 0 Å². The van der Waals surface area contributed by atoms with E-state index in [1.807, 2.05) is 13.8 Å². The molecule has 0 aromatic heterocycles. The smallest absolute Gasteiger partial charge is 0.0110 e. The van der Waals surface area contributed by atoms with Crippen molar-refractivity contribution in [2.45, 2.75) is 26.7 Å². The Labute approximate surface area is 120 Å². The molecular formula is C15H34N4. The summed E-state index contributed by atoms with van der Waals surface area (Å²) in [6.45, 7) is 16.5. The van der Waals surface area contributed by atoms with Crippen molar-refractivity contribution in [3.8, 4) is 0 Å². The van der Waals surface area contributed by atoms with Gasteiger partial charge in [0.2, 0.25) is 0 Å². The van der Waals surface area contributed by atoms with Crippen LogP contribution < -0.4 is 5.32 Å². The van der Waals surface area contributed by atoms with Crippen molar-refractivity contribution in [2.75, 3.05) is 72.5 Å². The standard InChI is InChI=1S/C13H28N4.C2H6/c1-15-10-12-17(13-11-15)7-3-2-6-16-8-4-14-5-9-16;1-2/h14H,2-13H2,1H3;1-2H3. The highest BCUT2D eigenvalue weighted by Crippen LogP contribution is 2.03. The average molecular weight is 270 g/mol. The van der Waals surface area contributed by atoms with Gasteiger partial charge in [-0.25, -0.2) is 0 Å². The second-order valence-electron chi connectivity index (χ2n) is 5.44. The van der Waals surface area contributed by atoms with Crippen molar-refractivity contribution in [3.05, 3.63) is 0 Å². The van der Waals surface area contributed by atoms with Crippen LogP contribution in [0.15, 0.2) is 0 Å². The third kappa shape index (κ3) is 7.25. The highest BCUT2D eigenvalue weighted by Gasteiger charge is 2.13. The fraction of sp³-hybridized carbons (Fsp3) is 1.00.